The molecule has 0 saturated heterocycles. The van der Waals surface area contributed by atoms with Gasteiger partial charge in [-0.25, -0.2) is 0 Å². The van der Waals surface area contributed by atoms with Gasteiger partial charge in [-0.05, 0) is 13.5 Å². The molecule has 0 bridgehead atoms. The van der Waals surface area contributed by atoms with Crippen LogP contribution < -0.4 is 0 Å². The Morgan fingerprint density at radius 2 is 0.826 bits per heavy atom. The van der Waals surface area contributed by atoms with Gasteiger partial charge in [0.1, 0.15) is 0 Å². The molecule has 0 amide bonds. The monoisotopic (exact) mass is 353 g/mol. The fraction of sp³-hybridized carbons (Fsp3) is 1.00. The quantitative estimate of drug-likeness (QED) is 0.353. The molecule has 0 unspecified atom stereocenters. The molecule has 0 atom stereocenters. The Labute approximate surface area is 158 Å². The lowest BCUT2D eigenvalue weighted by atomic mass is 10.1. The normalized spacial score (nSPS) is 7.57. The molecule has 0 N–H and O–H groups in total. The van der Waals surface area contributed by atoms with Crippen molar-refractivity contribution in [3.63, 3.8) is 0 Å². The van der Waals surface area contributed by atoms with Gasteiger partial charge in [-0.3, -0.25) is 4.31 Å². The van der Waals surface area contributed by atoms with Crippen LogP contribution in [-0.4, -0.2) is 17.9 Å². The van der Waals surface area contributed by atoms with Crippen LogP contribution in [-0.2, 0) is 0 Å². The topological polar surface area (TPSA) is 3.24 Å². The molecular weight excluding hydrogens is 298 g/mol. The molecule has 1 nitrogen and oxygen atoms in total. The maximum Gasteiger partial charge on any atom is 0.00838 e. The Hall–Kier alpha value is 0.310. The third-order valence-corrected chi connectivity index (χ3v) is 2.04. The second kappa shape index (κ2) is 66.9. The van der Waals surface area contributed by atoms with E-state index >= 15 is 0 Å². The third kappa shape index (κ3) is 133. The molecule has 0 aromatic carbocycles. The molecule has 0 rings (SSSR count). The average molecular weight is 354 g/mol. The highest BCUT2D eigenvalue weighted by atomic mass is 32.1. The third-order valence-electron chi connectivity index (χ3n) is 1.84. The molecule has 0 aliphatic carbocycles. The molecule has 0 aliphatic rings. The predicted octanol–water partition coefficient (Wildman–Crippen LogP) is 9.03. The molecule has 0 radical (unpaired) electrons. The molecule has 0 fully saturated rings. The summed E-state index contributed by atoms with van der Waals surface area (Å²) >= 11 is 4.17. The SMILES string of the molecule is CC.CC.CC.CCC.CCC.CCCCCCCCN(C)S. The first kappa shape index (κ1) is 38.7. The highest BCUT2D eigenvalue weighted by molar-refractivity contribution is 7.77. The molecule has 0 saturated carbocycles. The Morgan fingerprint density at radius 1 is 0.565 bits per heavy atom. The van der Waals surface area contributed by atoms with E-state index in [9.17, 15) is 0 Å². The van der Waals surface area contributed by atoms with Crippen LogP contribution in [0.15, 0.2) is 0 Å². The van der Waals surface area contributed by atoms with E-state index in [-0.39, 0.29) is 0 Å². The van der Waals surface area contributed by atoms with Crippen molar-refractivity contribution < 1.29 is 0 Å². The molecule has 2 heteroatoms. The number of hydrogen-bond acceptors (Lipinski definition) is 2. The Morgan fingerprint density at radius 3 is 1.09 bits per heavy atom. The van der Waals surface area contributed by atoms with Crippen molar-refractivity contribution in [3.8, 4) is 0 Å². The molecule has 0 heterocycles. The summed E-state index contributed by atoms with van der Waals surface area (Å²) in [7, 11) is 2.01. The fourth-order valence-corrected chi connectivity index (χ4v) is 1.26. The van der Waals surface area contributed by atoms with E-state index < -0.39 is 0 Å². The van der Waals surface area contributed by atoms with Gasteiger partial charge in [0.25, 0.3) is 0 Å². The van der Waals surface area contributed by atoms with Gasteiger partial charge >= 0.3 is 0 Å². The minimum atomic E-state index is 1.12. The van der Waals surface area contributed by atoms with E-state index in [0.717, 1.165) is 6.54 Å². The highest BCUT2D eigenvalue weighted by Crippen LogP contribution is 2.05. The second-order valence-electron chi connectivity index (χ2n) is 4.56. The molecule has 0 spiro atoms. The van der Waals surface area contributed by atoms with Crippen molar-refractivity contribution >= 4 is 12.8 Å². The zero-order valence-corrected chi connectivity index (χ0v) is 20.2. The Kier molecular flexibility index (Phi) is 113. The minimum absolute atomic E-state index is 1.12. The summed E-state index contributed by atoms with van der Waals surface area (Å²) in [6.07, 6.45) is 10.7. The Balaban J connectivity index is -0.0000000500. The zero-order valence-electron chi connectivity index (χ0n) is 19.3. The van der Waals surface area contributed by atoms with Crippen molar-refractivity contribution in [2.75, 3.05) is 13.6 Å². The standard InChI is InChI=1S/C9H21NS.2C3H8.3C2H6/c1-3-4-5-6-7-8-9-10(2)11;2*1-3-2;3*1-2/h11H,3-9H2,1-2H3;2*3H2,1-2H3;3*1-2H3. The van der Waals surface area contributed by atoms with Gasteiger partial charge in [-0.1, -0.05) is 134 Å². The van der Waals surface area contributed by atoms with Crippen LogP contribution in [0.4, 0.5) is 0 Å². The lowest BCUT2D eigenvalue weighted by molar-refractivity contribution is 0.512. The predicted molar refractivity (Wildman–Crippen MR) is 121 cm³/mol. The van der Waals surface area contributed by atoms with E-state index in [1.165, 1.54) is 51.4 Å². The number of nitrogens with zero attached hydrogens (tertiary/aromatic N) is 1. The Bertz CT molecular complexity index is 93.8. The summed E-state index contributed by atoms with van der Waals surface area (Å²) in [4.78, 5) is 0. The lowest BCUT2D eigenvalue weighted by Gasteiger charge is -2.06. The van der Waals surface area contributed by atoms with Crippen molar-refractivity contribution in [3.05, 3.63) is 0 Å². The van der Waals surface area contributed by atoms with Gasteiger partial charge in [-0.2, -0.15) is 0 Å². The summed E-state index contributed by atoms with van der Waals surface area (Å²) in [5.74, 6) is 0. The van der Waals surface area contributed by atoms with Crippen LogP contribution in [0.3, 0.4) is 0 Å². The maximum atomic E-state index is 4.17. The largest absolute Gasteiger partial charge is 0.256 e. The zero-order chi connectivity index (χ0) is 19.9. The van der Waals surface area contributed by atoms with Gasteiger partial charge in [0.2, 0.25) is 0 Å². The van der Waals surface area contributed by atoms with E-state index in [1.54, 1.807) is 0 Å². The summed E-state index contributed by atoms with van der Waals surface area (Å²) < 4.78 is 1.96. The number of unbranched alkanes of at least 4 members (excludes halogenated alkanes) is 5. The molecular formula is C21H55NS. The first-order valence-electron chi connectivity index (χ1n) is 10.5. The summed E-state index contributed by atoms with van der Waals surface area (Å²) in [5.41, 5.74) is 0. The average Bonchev–Trinajstić information content (AvgIpc) is 2.58. The maximum absolute atomic E-state index is 4.17. The molecule has 23 heavy (non-hydrogen) atoms. The number of thiol groups is 1. The number of rotatable bonds is 7. The van der Waals surface area contributed by atoms with E-state index in [0.29, 0.717) is 0 Å². The van der Waals surface area contributed by atoms with Gasteiger partial charge < -0.3 is 0 Å². The number of hydrogen-bond donors (Lipinski definition) is 1. The van der Waals surface area contributed by atoms with Gasteiger partial charge in [0.15, 0.2) is 0 Å². The summed E-state index contributed by atoms with van der Waals surface area (Å²) in [6.45, 7) is 23.9. The van der Waals surface area contributed by atoms with E-state index in [1.807, 2.05) is 52.9 Å². The first-order valence-corrected chi connectivity index (χ1v) is 10.9. The van der Waals surface area contributed by atoms with Crippen molar-refractivity contribution in [2.45, 2.75) is 128 Å². The molecule has 150 valence electrons. The van der Waals surface area contributed by atoms with Crippen LogP contribution in [0.25, 0.3) is 0 Å². The highest BCUT2D eigenvalue weighted by Gasteiger charge is 1.91. The van der Waals surface area contributed by atoms with Gasteiger partial charge in [-0.15, -0.1) is 0 Å². The van der Waals surface area contributed by atoms with Crippen LogP contribution >= 0.6 is 12.8 Å². The van der Waals surface area contributed by atoms with Crippen LogP contribution in [0, 0.1) is 0 Å². The molecule has 0 aromatic rings. The van der Waals surface area contributed by atoms with Crippen molar-refractivity contribution in [1.82, 2.24) is 4.31 Å². The van der Waals surface area contributed by atoms with Gasteiger partial charge in [0.05, 0.1) is 0 Å². The fourth-order valence-electron chi connectivity index (χ4n) is 1.12. The summed E-state index contributed by atoms with van der Waals surface area (Å²) in [5, 5.41) is 0. The first-order chi connectivity index (χ1) is 11.1. The minimum Gasteiger partial charge on any atom is -0.256 e. The molecule has 0 aromatic heterocycles. The second-order valence-corrected chi connectivity index (χ2v) is 5.25. The van der Waals surface area contributed by atoms with Crippen LogP contribution in [0.2, 0.25) is 0 Å². The lowest BCUT2D eigenvalue weighted by Crippen LogP contribution is -2.05. The van der Waals surface area contributed by atoms with Crippen molar-refractivity contribution in [2.24, 2.45) is 0 Å². The summed E-state index contributed by atoms with van der Waals surface area (Å²) in [6, 6.07) is 0. The van der Waals surface area contributed by atoms with Crippen LogP contribution in [0.1, 0.15) is 128 Å². The van der Waals surface area contributed by atoms with Crippen molar-refractivity contribution in [1.29, 1.82) is 0 Å². The van der Waals surface area contributed by atoms with E-state index in [4.69, 9.17) is 0 Å². The smallest absolute Gasteiger partial charge is 0.00838 e. The van der Waals surface area contributed by atoms with Gasteiger partial charge in [0, 0.05) is 6.54 Å². The van der Waals surface area contributed by atoms with Crippen LogP contribution in [0.5, 0.6) is 0 Å². The van der Waals surface area contributed by atoms with E-state index in [2.05, 4.69) is 47.4 Å². The molecule has 0 aliphatic heterocycles.